The van der Waals surface area contributed by atoms with Crippen LogP contribution in [-0.4, -0.2) is 25.2 Å². The number of nitrogens with one attached hydrogen (secondary N) is 2. The molecule has 9 nitrogen and oxygen atoms in total. The number of thiophene rings is 1. The van der Waals surface area contributed by atoms with E-state index in [1.54, 1.807) is 12.1 Å². The zero-order valence-corrected chi connectivity index (χ0v) is 18.1. The first-order chi connectivity index (χ1) is 15.2. The van der Waals surface area contributed by atoms with Crippen molar-refractivity contribution in [2.24, 2.45) is 5.92 Å². The van der Waals surface area contributed by atoms with Crippen LogP contribution in [0.5, 0.6) is 0 Å². The number of carbonyl (C=O) groups is 2. The Labute approximate surface area is 187 Å². The van der Waals surface area contributed by atoms with E-state index in [9.17, 15) is 28.1 Å². The Balaban J connectivity index is 1.43. The minimum absolute atomic E-state index is 0.00875. The fourth-order valence-corrected chi connectivity index (χ4v) is 4.95. The Hall–Kier alpha value is -3.57. The molecule has 0 atom stereocenters. The number of hydrogen-bond donors (Lipinski definition) is 2. The molecule has 0 saturated heterocycles. The van der Waals surface area contributed by atoms with Crippen LogP contribution in [0.4, 0.5) is 16.4 Å². The van der Waals surface area contributed by atoms with Gasteiger partial charge in [0.25, 0.3) is 11.6 Å². The molecule has 1 aliphatic rings. The van der Waals surface area contributed by atoms with Crippen molar-refractivity contribution in [1.82, 2.24) is 0 Å². The van der Waals surface area contributed by atoms with Crippen LogP contribution in [0.3, 0.4) is 0 Å². The van der Waals surface area contributed by atoms with Crippen molar-refractivity contribution in [2.45, 2.75) is 22.6 Å². The zero-order chi connectivity index (χ0) is 22.9. The molecule has 0 radical (unpaired) electrons. The van der Waals surface area contributed by atoms with Crippen LogP contribution in [0, 0.1) is 16.0 Å². The summed E-state index contributed by atoms with van der Waals surface area (Å²) in [6.07, 6.45) is 1.78. The Bertz CT molecular complexity index is 1290. The molecule has 1 aliphatic carbocycles. The molecule has 1 heterocycles. The summed E-state index contributed by atoms with van der Waals surface area (Å²) in [5.41, 5.74) is 0.195. The summed E-state index contributed by atoms with van der Waals surface area (Å²) >= 11 is 1.15. The van der Waals surface area contributed by atoms with E-state index in [-0.39, 0.29) is 33.2 Å². The standard InChI is InChI=1S/C21H17N3O6S2/c25-20(13-1-2-13)23-19-12-11-18(31-19)21(26)22-14-3-7-16(8-4-14)32(29,30)17-9-5-15(6-10-17)24(27)28/h3-13H,1-2H2,(H,22,26)(H,23,25). The highest BCUT2D eigenvalue weighted by atomic mass is 32.2. The Kier molecular flexibility index (Phi) is 5.76. The smallest absolute Gasteiger partial charge is 0.269 e. The van der Waals surface area contributed by atoms with Crippen molar-refractivity contribution in [3.05, 3.63) is 75.7 Å². The molecule has 1 aromatic heterocycles. The first kappa shape index (κ1) is 21.7. The molecule has 0 bridgehead atoms. The molecule has 1 fully saturated rings. The van der Waals surface area contributed by atoms with E-state index in [1.807, 2.05) is 0 Å². The second kappa shape index (κ2) is 8.52. The van der Waals surface area contributed by atoms with Gasteiger partial charge in [0, 0.05) is 23.7 Å². The van der Waals surface area contributed by atoms with E-state index in [2.05, 4.69) is 10.6 Å². The van der Waals surface area contributed by atoms with Crippen molar-refractivity contribution < 1.29 is 22.9 Å². The van der Waals surface area contributed by atoms with Gasteiger partial charge >= 0.3 is 0 Å². The number of sulfone groups is 1. The van der Waals surface area contributed by atoms with Crippen LogP contribution in [0.2, 0.25) is 0 Å². The summed E-state index contributed by atoms with van der Waals surface area (Å²) in [5.74, 6) is -0.355. The summed E-state index contributed by atoms with van der Waals surface area (Å²) in [5, 5.41) is 16.8. The van der Waals surface area contributed by atoms with Gasteiger partial charge in [-0.3, -0.25) is 19.7 Å². The summed E-state index contributed by atoms with van der Waals surface area (Å²) in [6.45, 7) is 0. The van der Waals surface area contributed by atoms with Crippen molar-refractivity contribution >= 4 is 49.4 Å². The quantitative estimate of drug-likeness (QED) is 0.393. The molecule has 0 unspecified atom stereocenters. The average molecular weight is 472 g/mol. The maximum atomic E-state index is 12.7. The van der Waals surface area contributed by atoms with E-state index in [0.29, 0.717) is 15.6 Å². The maximum absolute atomic E-state index is 12.7. The fourth-order valence-electron chi connectivity index (χ4n) is 2.89. The van der Waals surface area contributed by atoms with Gasteiger partial charge in [-0.2, -0.15) is 0 Å². The van der Waals surface area contributed by atoms with Gasteiger partial charge in [-0.15, -0.1) is 11.3 Å². The molecule has 11 heteroatoms. The molecule has 0 aliphatic heterocycles. The lowest BCUT2D eigenvalue weighted by Crippen LogP contribution is -2.12. The first-order valence-corrected chi connectivity index (χ1v) is 11.9. The Morgan fingerprint density at radius 1 is 0.906 bits per heavy atom. The Morgan fingerprint density at radius 3 is 2.06 bits per heavy atom. The van der Waals surface area contributed by atoms with Gasteiger partial charge in [0.1, 0.15) is 0 Å². The van der Waals surface area contributed by atoms with Crippen molar-refractivity contribution in [1.29, 1.82) is 0 Å². The van der Waals surface area contributed by atoms with E-state index in [1.165, 1.54) is 36.4 Å². The maximum Gasteiger partial charge on any atom is 0.269 e. The minimum Gasteiger partial charge on any atom is -0.321 e. The molecular formula is C21H17N3O6S2. The lowest BCUT2D eigenvalue weighted by atomic mass is 10.3. The zero-order valence-electron chi connectivity index (χ0n) is 16.5. The molecular weight excluding hydrogens is 454 g/mol. The third-order valence-electron chi connectivity index (χ3n) is 4.80. The van der Waals surface area contributed by atoms with Crippen LogP contribution < -0.4 is 10.6 Å². The van der Waals surface area contributed by atoms with Crippen LogP contribution in [0.25, 0.3) is 0 Å². The predicted molar refractivity (Wildman–Crippen MR) is 119 cm³/mol. The molecule has 2 aromatic carbocycles. The average Bonchev–Trinajstić information content (AvgIpc) is 3.53. The van der Waals surface area contributed by atoms with Crippen molar-refractivity contribution in [3.8, 4) is 0 Å². The number of benzene rings is 2. The molecule has 32 heavy (non-hydrogen) atoms. The third kappa shape index (κ3) is 4.68. The summed E-state index contributed by atoms with van der Waals surface area (Å²) < 4.78 is 25.4. The van der Waals surface area contributed by atoms with E-state index in [0.717, 1.165) is 36.3 Å². The molecule has 2 amide bonds. The summed E-state index contributed by atoms with van der Waals surface area (Å²) in [6, 6.07) is 13.5. The fraction of sp³-hybridized carbons (Fsp3) is 0.143. The van der Waals surface area contributed by atoms with Crippen LogP contribution >= 0.6 is 11.3 Å². The molecule has 2 N–H and O–H groups in total. The lowest BCUT2D eigenvalue weighted by Gasteiger charge is -2.07. The SMILES string of the molecule is O=C(Nc1ccc(S(=O)(=O)c2ccc([N+](=O)[O-])cc2)cc1)c1ccc(NC(=O)C2CC2)s1. The topological polar surface area (TPSA) is 135 Å². The Morgan fingerprint density at radius 2 is 1.50 bits per heavy atom. The number of non-ortho nitro benzene ring substituents is 1. The van der Waals surface area contributed by atoms with Gasteiger partial charge in [0.2, 0.25) is 15.7 Å². The minimum atomic E-state index is -3.86. The van der Waals surface area contributed by atoms with Gasteiger partial charge in [-0.25, -0.2) is 8.42 Å². The van der Waals surface area contributed by atoms with Gasteiger partial charge in [0.05, 0.1) is 24.6 Å². The predicted octanol–water partition coefficient (Wildman–Crippen LogP) is 4.09. The van der Waals surface area contributed by atoms with Gasteiger partial charge in [0.15, 0.2) is 0 Å². The largest absolute Gasteiger partial charge is 0.321 e. The monoisotopic (exact) mass is 471 g/mol. The number of nitro benzene ring substituents is 1. The van der Waals surface area contributed by atoms with E-state index in [4.69, 9.17) is 0 Å². The highest BCUT2D eigenvalue weighted by Gasteiger charge is 2.30. The lowest BCUT2D eigenvalue weighted by molar-refractivity contribution is -0.384. The molecule has 1 saturated carbocycles. The van der Waals surface area contributed by atoms with Gasteiger partial charge in [-0.1, -0.05) is 0 Å². The van der Waals surface area contributed by atoms with Crippen molar-refractivity contribution in [2.75, 3.05) is 10.6 Å². The number of nitro groups is 1. The third-order valence-corrected chi connectivity index (χ3v) is 7.59. The number of amides is 2. The second-order valence-corrected chi connectivity index (χ2v) is 10.2. The van der Waals surface area contributed by atoms with Gasteiger partial charge < -0.3 is 10.6 Å². The summed E-state index contributed by atoms with van der Waals surface area (Å²) in [7, 11) is -3.86. The first-order valence-electron chi connectivity index (χ1n) is 9.56. The molecule has 164 valence electrons. The number of rotatable bonds is 7. The molecule has 3 aromatic rings. The molecule has 4 rings (SSSR count). The molecule has 0 spiro atoms. The number of anilines is 2. The number of hydrogen-bond acceptors (Lipinski definition) is 7. The van der Waals surface area contributed by atoms with E-state index >= 15 is 0 Å². The number of carbonyl (C=O) groups excluding carboxylic acids is 2. The normalized spacial score (nSPS) is 13.4. The summed E-state index contributed by atoms with van der Waals surface area (Å²) in [4.78, 5) is 34.7. The van der Waals surface area contributed by atoms with Crippen LogP contribution in [0.1, 0.15) is 22.5 Å². The highest BCUT2D eigenvalue weighted by Crippen LogP contribution is 2.32. The van der Waals surface area contributed by atoms with E-state index < -0.39 is 14.8 Å². The highest BCUT2D eigenvalue weighted by molar-refractivity contribution is 7.91. The number of nitrogens with zero attached hydrogens (tertiary/aromatic N) is 1. The van der Waals surface area contributed by atoms with Crippen LogP contribution in [0.15, 0.2) is 70.5 Å². The van der Waals surface area contributed by atoms with Gasteiger partial charge in [-0.05, 0) is 61.4 Å². The van der Waals surface area contributed by atoms with Crippen molar-refractivity contribution in [3.63, 3.8) is 0 Å². The van der Waals surface area contributed by atoms with Crippen LogP contribution in [-0.2, 0) is 14.6 Å². The second-order valence-electron chi connectivity index (χ2n) is 7.16.